The van der Waals surface area contributed by atoms with Crippen molar-refractivity contribution in [3.05, 3.63) is 0 Å². The van der Waals surface area contributed by atoms with Gasteiger partial charge in [-0.05, 0) is 20.8 Å². The molecule has 0 spiro atoms. The number of nitrogens with zero attached hydrogens (tertiary/aromatic N) is 1. The molecule has 1 heterocycles. The van der Waals surface area contributed by atoms with Crippen LogP contribution in [-0.4, -0.2) is 49.2 Å². The molecule has 1 saturated heterocycles. The van der Waals surface area contributed by atoms with Crippen molar-refractivity contribution in [2.75, 3.05) is 26.2 Å². The molecule has 0 amide bonds. The number of carbonyl (C=O) groups is 1. The Kier molecular flexibility index (Phi) is 4.35. The lowest BCUT2D eigenvalue weighted by molar-refractivity contribution is -0.145. The van der Waals surface area contributed by atoms with Crippen LogP contribution in [0.5, 0.6) is 0 Å². The maximum atomic E-state index is 11.3. The number of ether oxygens (including phenoxy) is 1. The van der Waals surface area contributed by atoms with Crippen molar-refractivity contribution in [3.63, 3.8) is 0 Å². The van der Waals surface area contributed by atoms with E-state index in [1.807, 2.05) is 6.92 Å². The molecule has 82 valence electrons. The standard InChI is InChI=1S/C10H20N2O2/c1-4-14-10(13)7-12-6-8(2)11-5-9(12)3/h8-9,11H,4-7H2,1-3H3. The first-order valence-corrected chi connectivity index (χ1v) is 5.26. The van der Waals surface area contributed by atoms with E-state index in [0.29, 0.717) is 25.2 Å². The van der Waals surface area contributed by atoms with Crippen LogP contribution in [0.4, 0.5) is 0 Å². The summed E-state index contributed by atoms with van der Waals surface area (Å²) in [6, 6.07) is 0.872. The normalized spacial score (nSPS) is 28.8. The lowest BCUT2D eigenvalue weighted by Gasteiger charge is -2.36. The van der Waals surface area contributed by atoms with Crippen LogP contribution in [0, 0.1) is 0 Å². The van der Waals surface area contributed by atoms with Crippen molar-refractivity contribution in [1.29, 1.82) is 0 Å². The molecule has 14 heavy (non-hydrogen) atoms. The second-order valence-corrected chi connectivity index (χ2v) is 3.89. The van der Waals surface area contributed by atoms with Gasteiger partial charge in [0.2, 0.25) is 0 Å². The minimum Gasteiger partial charge on any atom is -0.465 e. The fourth-order valence-electron chi connectivity index (χ4n) is 1.69. The highest BCUT2D eigenvalue weighted by Gasteiger charge is 2.24. The molecule has 2 atom stereocenters. The number of hydrogen-bond donors (Lipinski definition) is 1. The predicted molar refractivity (Wildman–Crippen MR) is 55.1 cm³/mol. The zero-order valence-corrected chi connectivity index (χ0v) is 9.25. The molecule has 0 saturated carbocycles. The number of esters is 1. The molecule has 0 radical (unpaired) electrons. The monoisotopic (exact) mass is 200 g/mol. The van der Waals surface area contributed by atoms with Gasteiger partial charge in [-0.2, -0.15) is 0 Å². The highest BCUT2D eigenvalue weighted by molar-refractivity contribution is 5.71. The molecular formula is C10H20N2O2. The van der Waals surface area contributed by atoms with Crippen LogP contribution in [0.15, 0.2) is 0 Å². The summed E-state index contributed by atoms with van der Waals surface area (Å²) in [4.78, 5) is 13.4. The van der Waals surface area contributed by atoms with Crippen molar-refractivity contribution in [1.82, 2.24) is 10.2 Å². The molecule has 2 unspecified atom stereocenters. The molecule has 0 aromatic rings. The van der Waals surface area contributed by atoms with Crippen LogP contribution in [0.2, 0.25) is 0 Å². The van der Waals surface area contributed by atoms with Gasteiger partial charge < -0.3 is 10.1 Å². The fraction of sp³-hybridized carbons (Fsp3) is 0.900. The molecule has 1 rings (SSSR count). The van der Waals surface area contributed by atoms with Crippen LogP contribution in [-0.2, 0) is 9.53 Å². The third kappa shape index (κ3) is 3.27. The minimum absolute atomic E-state index is 0.117. The first-order chi connectivity index (χ1) is 6.63. The Morgan fingerprint density at radius 2 is 2.29 bits per heavy atom. The molecule has 1 N–H and O–H groups in total. The van der Waals surface area contributed by atoms with E-state index in [-0.39, 0.29) is 5.97 Å². The van der Waals surface area contributed by atoms with E-state index in [1.165, 1.54) is 0 Å². The van der Waals surface area contributed by atoms with Crippen molar-refractivity contribution < 1.29 is 9.53 Å². The largest absolute Gasteiger partial charge is 0.465 e. The summed E-state index contributed by atoms with van der Waals surface area (Å²) in [7, 11) is 0. The van der Waals surface area contributed by atoms with Crippen LogP contribution < -0.4 is 5.32 Å². The van der Waals surface area contributed by atoms with E-state index < -0.39 is 0 Å². The Morgan fingerprint density at radius 3 is 2.93 bits per heavy atom. The van der Waals surface area contributed by atoms with Crippen LogP contribution >= 0.6 is 0 Å². The van der Waals surface area contributed by atoms with Crippen LogP contribution in [0.25, 0.3) is 0 Å². The van der Waals surface area contributed by atoms with Crippen molar-refractivity contribution in [3.8, 4) is 0 Å². The van der Waals surface area contributed by atoms with E-state index in [0.717, 1.165) is 13.1 Å². The first-order valence-electron chi connectivity index (χ1n) is 5.26. The zero-order valence-electron chi connectivity index (χ0n) is 9.25. The number of carbonyl (C=O) groups excluding carboxylic acids is 1. The van der Waals surface area contributed by atoms with E-state index in [4.69, 9.17) is 4.74 Å². The summed E-state index contributed by atoms with van der Waals surface area (Å²) in [5.74, 6) is -0.117. The van der Waals surface area contributed by atoms with Crippen molar-refractivity contribution >= 4 is 5.97 Å². The molecule has 0 aliphatic carbocycles. The summed E-state index contributed by atoms with van der Waals surface area (Å²) in [5, 5.41) is 3.37. The van der Waals surface area contributed by atoms with Gasteiger partial charge >= 0.3 is 5.97 Å². The van der Waals surface area contributed by atoms with E-state index >= 15 is 0 Å². The molecule has 0 bridgehead atoms. The van der Waals surface area contributed by atoms with E-state index in [2.05, 4.69) is 24.1 Å². The average Bonchev–Trinajstić information content (AvgIpc) is 2.12. The zero-order chi connectivity index (χ0) is 10.6. The minimum atomic E-state index is -0.117. The molecule has 1 aliphatic rings. The van der Waals surface area contributed by atoms with Crippen LogP contribution in [0.3, 0.4) is 0 Å². The Labute approximate surface area is 85.6 Å². The quantitative estimate of drug-likeness (QED) is 0.662. The van der Waals surface area contributed by atoms with Gasteiger partial charge in [0.25, 0.3) is 0 Å². The number of hydrogen-bond acceptors (Lipinski definition) is 4. The Hall–Kier alpha value is -0.610. The molecule has 4 nitrogen and oxygen atoms in total. The lowest BCUT2D eigenvalue weighted by atomic mass is 10.1. The number of nitrogens with one attached hydrogen (secondary N) is 1. The summed E-state index contributed by atoms with van der Waals surface area (Å²) >= 11 is 0. The molecule has 1 aliphatic heterocycles. The Morgan fingerprint density at radius 1 is 1.57 bits per heavy atom. The summed E-state index contributed by atoms with van der Waals surface area (Å²) in [6.07, 6.45) is 0. The van der Waals surface area contributed by atoms with E-state index in [9.17, 15) is 4.79 Å². The highest BCUT2D eigenvalue weighted by atomic mass is 16.5. The third-order valence-electron chi connectivity index (χ3n) is 2.53. The molecule has 0 aromatic carbocycles. The van der Waals surface area contributed by atoms with Gasteiger partial charge in [0.05, 0.1) is 13.2 Å². The molecule has 0 aromatic heterocycles. The smallest absolute Gasteiger partial charge is 0.320 e. The first kappa shape index (κ1) is 11.5. The second-order valence-electron chi connectivity index (χ2n) is 3.89. The summed E-state index contributed by atoms with van der Waals surface area (Å²) < 4.78 is 4.93. The maximum absolute atomic E-state index is 11.3. The van der Waals surface area contributed by atoms with Crippen molar-refractivity contribution in [2.45, 2.75) is 32.9 Å². The van der Waals surface area contributed by atoms with E-state index in [1.54, 1.807) is 0 Å². The highest BCUT2D eigenvalue weighted by Crippen LogP contribution is 2.06. The number of piperazine rings is 1. The van der Waals surface area contributed by atoms with Gasteiger partial charge in [-0.15, -0.1) is 0 Å². The summed E-state index contributed by atoms with van der Waals surface area (Å²) in [5.41, 5.74) is 0. The van der Waals surface area contributed by atoms with Crippen molar-refractivity contribution in [2.24, 2.45) is 0 Å². The molecule has 1 fully saturated rings. The topological polar surface area (TPSA) is 41.6 Å². The summed E-state index contributed by atoms with van der Waals surface area (Å²) in [6.45, 7) is 8.83. The number of rotatable bonds is 3. The maximum Gasteiger partial charge on any atom is 0.320 e. The Balaban J connectivity index is 2.37. The average molecular weight is 200 g/mol. The fourth-order valence-corrected chi connectivity index (χ4v) is 1.69. The van der Waals surface area contributed by atoms with Gasteiger partial charge in [0.15, 0.2) is 0 Å². The molecule has 4 heteroatoms. The SMILES string of the molecule is CCOC(=O)CN1CC(C)NCC1C. The van der Waals surface area contributed by atoms with Crippen LogP contribution in [0.1, 0.15) is 20.8 Å². The van der Waals surface area contributed by atoms with Gasteiger partial charge in [0.1, 0.15) is 0 Å². The van der Waals surface area contributed by atoms with Gasteiger partial charge in [-0.1, -0.05) is 0 Å². The lowest BCUT2D eigenvalue weighted by Crippen LogP contribution is -2.55. The van der Waals surface area contributed by atoms with Gasteiger partial charge in [-0.25, -0.2) is 0 Å². The second kappa shape index (κ2) is 5.32. The van der Waals surface area contributed by atoms with Gasteiger partial charge in [-0.3, -0.25) is 9.69 Å². The van der Waals surface area contributed by atoms with Gasteiger partial charge in [0, 0.05) is 25.2 Å². The third-order valence-corrected chi connectivity index (χ3v) is 2.53. The molecular weight excluding hydrogens is 180 g/mol. The Bertz CT molecular complexity index is 197. The predicted octanol–water partition coefficient (Wildman–Crippen LogP) is 0.232.